The van der Waals surface area contributed by atoms with Crippen LogP contribution in [-0.2, 0) is 8.85 Å². The van der Waals surface area contributed by atoms with Gasteiger partial charge in [0.05, 0.1) is 6.26 Å². The molecule has 0 spiro atoms. The Balaban J connectivity index is 2.12. The average Bonchev–Trinajstić information content (AvgIpc) is 2.91. The first-order chi connectivity index (χ1) is 6.83. The summed E-state index contributed by atoms with van der Waals surface area (Å²) in [4.78, 5) is 0. The highest BCUT2D eigenvalue weighted by molar-refractivity contribution is 6.71. The lowest BCUT2D eigenvalue weighted by molar-refractivity contribution is 0.251. The van der Waals surface area contributed by atoms with Gasteiger partial charge in [0.2, 0.25) is 0 Å². The highest BCUT2D eigenvalue weighted by Gasteiger charge is 2.58. The second-order valence-corrected chi connectivity index (χ2v) is 8.19. The molecule has 3 heteroatoms. The van der Waals surface area contributed by atoms with Crippen molar-refractivity contribution in [3.05, 3.63) is 12.8 Å². The van der Waals surface area contributed by atoms with Gasteiger partial charge < -0.3 is 8.85 Å². The Morgan fingerprint density at radius 2 is 1.71 bits per heavy atom. The molecule has 0 aliphatic heterocycles. The van der Waals surface area contributed by atoms with Gasteiger partial charge in [0.1, 0.15) is 0 Å². The van der Waals surface area contributed by atoms with Crippen molar-refractivity contribution in [3.8, 4) is 0 Å². The maximum atomic E-state index is 5.87. The molecule has 0 amide bonds. The first-order valence-electron chi connectivity index (χ1n) is 5.67. The summed E-state index contributed by atoms with van der Waals surface area (Å²) in [7, 11) is -0.0811. The third-order valence-electron chi connectivity index (χ3n) is 3.66. The molecule has 2 rings (SSSR count). The molecule has 0 radical (unpaired) electrons. The second kappa shape index (κ2) is 4.07. The molecule has 0 bridgehead atoms. The van der Waals surface area contributed by atoms with Crippen LogP contribution in [0, 0.1) is 0 Å². The zero-order chi connectivity index (χ0) is 10.0. The standard InChI is InChI=1S/C11H20O2Si/c1-3-13-14(12-2,11-8-9-11)10-6-4-5-7-10/h3,10-11H,1,4-9H2,2H3. The number of rotatable bonds is 5. The molecule has 0 saturated heterocycles. The van der Waals surface area contributed by atoms with E-state index in [1.807, 2.05) is 7.11 Å². The van der Waals surface area contributed by atoms with Crippen molar-refractivity contribution in [1.29, 1.82) is 0 Å². The molecule has 14 heavy (non-hydrogen) atoms. The minimum Gasteiger partial charge on any atom is -0.527 e. The van der Waals surface area contributed by atoms with E-state index in [-0.39, 0.29) is 0 Å². The normalized spacial score (nSPS) is 27.2. The lowest BCUT2D eigenvalue weighted by Gasteiger charge is -2.33. The number of hydrogen-bond acceptors (Lipinski definition) is 2. The molecule has 1 atom stereocenters. The van der Waals surface area contributed by atoms with Crippen molar-refractivity contribution in [2.24, 2.45) is 0 Å². The van der Waals surface area contributed by atoms with Gasteiger partial charge >= 0.3 is 8.56 Å². The molecule has 2 nitrogen and oxygen atoms in total. The topological polar surface area (TPSA) is 18.5 Å². The highest BCUT2D eigenvalue weighted by Crippen LogP contribution is 2.55. The smallest absolute Gasteiger partial charge is 0.404 e. The Kier molecular flexibility index (Phi) is 2.98. The summed E-state index contributed by atoms with van der Waals surface area (Å²) < 4.78 is 11.7. The van der Waals surface area contributed by atoms with Crippen molar-refractivity contribution in [2.45, 2.75) is 49.6 Å². The van der Waals surface area contributed by atoms with E-state index in [9.17, 15) is 0 Å². The van der Waals surface area contributed by atoms with E-state index in [0.29, 0.717) is 0 Å². The molecule has 2 aliphatic carbocycles. The molecule has 0 heterocycles. The van der Waals surface area contributed by atoms with Crippen LogP contribution in [0.2, 0.25) is 11.1 Å². The van der Waals surface area contributed by atoms with Gasteiger partial charge in [-0.1, -0.05) is 19.4 Å². The molecular formula is C11H20O2Si. The predicted octanol–water partition coefficient (Wildman–Crippen LogP) is 3.34. The van der Waals surface area contributed by atoms with Crippen molar-refractivity contribution < 1.29 is 8.85 Å². The molecule has 2 fully saturated rings. The Hall–Kier alpha value is -0.283. The van der Waals surface area contributed by atoms with Crippen LogP contribution < -0.4 is 0 Å². The third-order valence-corrected chi connectivity index (χ3v) is 8.26. The Bertz CT molecular complexity index is 209. The van der Waals surface area contributed by atoms with E-state index in [2.05, 4.69) is 6.58 Å². The average molecular weight is 212 g/mol. The van der Waals surface area contributed by atoms with Crippen molar-refractivity contribution in [2.75, 3.05) is 7.11 Å². The predicted molar refractivity (Wildman–Crippen MR) is 59.2 cm³/mol. The van der Waals surface area contributed by atoms with Gasteiger partial charge in [0, 0.05) is 18.2 Å². The van der Waals surface area contributed by atoms with Crippen LogP contribution in [0.5, 0.6) is 0 Å². The van der Waals surface area contributed by atoms with Gasteiger partial charge in [-0.25, -0.2) is 0 Å². The molecule has 0 aromatic carbocycles. The Labute approximate surface area is 87.5 Å². The van der Waals surface area contributed by atoms with Crippen LogP contribution >= 0.6 is 0 Å². The molecule has 1 unspecified atom stereocenters. The Morgan fingerprint density at radius 1 is 1.14 bits per heavy atom. The fraction of sp³-hybridized carbons (Fsp3) is 0.818. The minimum absolute atomic E-state index is 0.720. The quantitative estimate of drug-likeness (QED) is 0.514. The van der Waals surface area contributed by atoms with Crippen molar-refractivity contribution in [3.63, 3.8) is 0 Å². The van der Waals surface area contributed by atoms with E-state index in [4.69, 9.17) is 8.85 Å². The molecule has 0 N–H and O–H groups in total. The summed E-state index contributed by atoms with van der Waals surface area (Å²) in [5.74, 6) is 0. The molecule has 0 aromatic rings. The van der Waals surface area contributed by atoms with Gasteiger partial charge in [-0.2, -0.15) is 0 Å². The van der Waals surface area contributed by atoms with Crippen molar-refractivity contribution in [1.82, 2.24) is 0 Å². The summed E-state index contributed by atoms with van der Waals surface area (Å²) in [6.45, 7) is 3.71. The maximum Gasteiger partial charge on any atom is 0.404 e. The SMILES string of the molecule is C=CO[Si](OC)(C1CCCC1)C1CC1. The Morgan fingerprint density at radius 3 is 2.14 bits per heavy atom. The summed E-state index contributed by atoms with van der Waals surface area (Å²) in [6.07, 6.45) is 9.57. The zero-order valence-corrected chi connectivity index (χ0v) is 10.00. The van der Waals surface area contributed by atoms with Crippen molar-refractivity contribution >= 4 is 8.56 Å². The summed E-state index contributed by atoms with van der Waals surface area (Å²) in [5.41, 5.74) is 1.46. The van der Waals surface area contributed by atoms with E-state index in [1.54, 1.807) is 6.26 Å². The molecule has 2 aliphatic rings. The van der Waals surface area contributed by atoms with Gasteiger partial charge in [0.25, 0.3) is 0 Å². The van der Waals surface area contributed by atoms with E-state index < -0.39 is 8.56 Å². The largest absolute Gasteiger partial charge is 0.527 e. The lowest BCUT2D eigenvalue weighted by Crippen LogP contribution is -2.44. The van der Waals surface area contributed by atoms with Gasteiger partial charge in [-0.3, -0.25) is 0 Å². The molecular weight excluding hydrogens is 192 g/mol. The van der Waals surface area contributed by atoms with Gasteiger partial charge in [-0.15, -0.1) is 0 Å². The van der Waals surface area contributed by atoms with Crippen LogP contribution in [0.15, 0.2) is 12.8 Å². The molecule has 2 saturated carbocycles. The number of hydrogen-bond donors (Lipinski definition) is 0. The molecule has 80 valence electrons. The summed E-state index contributed by atoms with van der Waals surface area (Å²) >= 11 is 0. The summed E-state index contributed by atoms with van der Waals surface area (Å²) in [5, 5.41) is 0. The van der Waals surface area contributed by atoms with E-state index >= 15 is 0 Å². The fourth-order valence-corrected chi connectivity index (χ4v) is 7.11. The van der Waals surface area contributed by atoms with Crippen LogP contribution in [0.1, 0.15) is 38.5 Å². The van der Waals surface area contributed by atoms with Crippen LogP contribution in [0.25, 0.3) is 0 Å². The van der Waals surface area contributed by atoms with Crippen LogP contribution in [-0.4, -0.2) is 15.7 Å². The van der Waals surface area contributed by atoms with E-state index in [0.717, 1.165) is 11.1 Å². The summed E-state index contributed by atoms with van der Waals surface area (Å²) in [6, 6.07) is 0. The third kappa shape index (κ3) is 1.63. The van der Waals surface area contributed by atoms with E-state index in [1.165, 1.54) is 38.5 Å². The molecule has 0 aromatic heterocycles. The van der Waals surface area contributed by atoms with Gasteiger partial charge in [-0.05, 0) is 25.7 Å². The zero-order valence-electron chi connectivity index (χ0n) is 9.00. The highest BCUT2D eigenvalue weighted by atomic mass is 28.4. The lowest BCUT2D eigenvalue weighted by atomic mass is 10.4. The van der Waals surface area contributed by atoms with Crippen LogP contribution in [0.4, 0.5) is 0 Å². The fourth-order valence-electron chi connectivity index (χ4n) is 2.85. The first kappa shape index (κ1) is 10.2. The van der Waals surface area contributed by atoms with Crippen LogP contribution in [0.3, 0.4) is 0 Å². The second-order valence-electron chi connectivity index (χ2n) is 4.47. The maximum absolute atomic E-state index is 5.87. The first-order valence-corrected chi connectivity index (χ1v) is 7.64. The minimum atomic E-state index is -1.92. The monoisotopic (exact) mass is 212 g/mol. The van der Waals surface area contributed by atoms with Gasteiger partial charge in [0.15, 0.2) is 0 Å².